The number of anilines is 1. The van der Waals surface area contributed by atoms with Crippen molar-refractivity contribution in [3.8, 4) is 11.3 Å². The summed E-state index contributed by atoms with van der Waals surface area (Å²) in [5, 5.41) is 9.45. The molecule has 6 nitrogen and oxygen atoms in total. The van der Waals surface area contributed by atoms with Crippen molar-refractivity contribution in [2.75, 3.05) is 5.32 Å². The zero-order valence-electron chi connectivity index (χ0n) is 15.1. The standard InChI is InChI=1S/C21H20N4O2/c1-13-6-7-15(18-8-9-20(26)25-24-18)11-19(13)23-21(27)16-10-14-4-2-3-5-17(14)22-12-16/h6-12H,2-5H2,1H3,(H,23,27)(H,25,26). The van der Waals surface area contributed by atoms with Crippen molar-refractivity contribution in [3.63, 3.8) is 0 Å². The number of aryl methyl sites for hydroxylation is 3. The van der Waals surface area contributed by atoms with Crippen LogP contribution in [0.15, 0.2) is 47.4 Å². The van der Waals surface area contributed by atoms with Gasteiger partial charge >= 0.3 is 0 Å². The van der Waals surface area contributed by atoms with Gasteiger partial charge in [0.2, 0.25) is 0 Å². The van der Waals surface area contributed by atoms with Crippen molar-refractivity contribution < 1.29 is 4.79 Å². The Morgan fingerprint density at radius 1 is 1.11 bits per heavy atom. The maximum absolute atomic E-state index is 12.7. The molecule has 0 bridgehead atoms. The molecule has 4 rings (SSSR count). The van der Waals surface area contributed by atoms with Gasteiger partial charge in [-0.3, -0.25) is 14.6 Å². The fourth-order valence-electron chi connectivity index (χ4n) is 3.33. The average molecular weight is 360 g/mol. The minimum Gasteiger partial charge on any atom is -0.322 e. The van der Waals surface area contributed by atoms with E-state index in [1.165, 1.54) is 11.6 Å². The Labute approximate surface area is 156 Å². The monoisotopic (exact) mass is 360 g/mol. The predicted octanol–water partition coefficient (Wildman–Crippen LogP) is 3.27. The number of nitrogens with one attached hydrogen (secondary N) is 2. The number of fused-ring (bicyclic) bond motifs is 1. The second-order valence-electron chi connectivity index (χ2n) is 6.83. The molecule has 2 heterocycles. The summed E-state index contributed by atoms with van der Waals surface area (Å²) in [5.74, 6) is -0.175. The van der Waals surface area contributed by atoms with Crippen LogP contribution in [0.25, 0.3) is 11.3 Å². The molecule has 1 aliphatic rings. The molecule has 2 N–H and O–H groups in total. The van der Waals surface area contributed by atoms with E-state index in [-0.39, 0.29) is 11.5 Å². The van der Waals surface area contributed by atoms with Gasteiger partial charge in [0, 0.05) is 29.2 Å². The quantitative estimate of drug-likeness (QED) is 0.750. The van der Waals surface area contributed by atoms with Crippen LogP contribution in [0.2, 0.25) is 0 Å². The van der Waals surface area contributed by atoms with Crippen molar-refractivity contribution in [1.82, 2.24) is 15.2 Å². The molecule has 1 aromatic carbocycles. The molecule has 0 aliphatic heterocycles. The van der Waals surface area contributed by atoms with Crippen LogP contribution in [0, 0.1) is 6.92 Å². The van der Waals surface area contributed by atoms with Gasteiger partial charge in [-0.15, -0.1) is 0 Å². The Hall–Kier alpha value is -3.28. The van der Waals surface area contributed by atoms with Gasteiger partial charge in [0.05, 0.1) is 11.3 Å². The van der Waals surface area contributed by atoms with Crippen molar-refractivity contribution in [2.24, 2.45) is 0 Å². The molecule has 0 atom stereocenters. The molecule has 1 amide bonds. The van der Waals surface area contributed by atoms with E-state index in [9.17, 15) is 9.59 Å². The van der Waals surface area contributed by atoms with Gasteiger partial charge < -0.3 is 5.32 Å². The van der Waals surface area contributed by atoms with Gasteiger partial charge in [-0.25, -0.2) is 5.10 Å². The summed E-state index contributed by atoms with van der Waals surface area (Å²) in [4.78, 5) is 28.4. The van der Waals surface area contributed by atoms with Crippen LogP contribution in [0.5, 0.6) is 0 Å². The lowest BCUT2D eigenvalue weighted by Crippen LogP contribution is -2.15. The van der Waals surface area contributed by atoms with E-state index in [1.807, 2.05) is 31.2 Å². The second-order valence-corrected chi connectivity index (χ2v) is 6.83. The first-order chi connectivity index (χ1) is 13.1. The van der Waals surface area contributed by atoms with Gasteiger partial charge in [-0.1, -0.05) is 12.1 Å². The molecule has 0 spiro atoms. The van der Waals surface area contributed by atoms with Gasteiger partial charge in [0.25, 0.3) is 11.5 Å². The van der Waals surface area contributed by atoms with Crippen LogP contribution < -0.4 is 10.9 Å². The number of hydrogen-bond acceptors (Lipinski definition) is 4. The van der Waals surface area contributed by atoms with E-state index >= 15 is 0 Å². The van der Waals surface area contributed by atoms with E-state index < -0.39 is 0 Å². The molecule has 2 aromatic heterocycles. The van der Waals surface area contributed by atoms with Crippen molar-refractivity contribution in [1.29, 1.82) is 0 Å². The molecule has 0 radical (unpaired) electrons. The van der Waals surface area contributed by atoms with Crippen molar-refractivity contribution in [3.05, 3.63) is 75.3 Å². The molecular formula is C21H20N4O2. The summed E-state index contributed by atoms with van der Waals surface area (Å²) in [5.41, 5.74) is 5.72. The lowest BCUT2D eigenvalue weighted by Gasteiger charge is -2.16. The Balaban J connectivity index is 1.60. The van der Waals surface area contributed by atoms with Crippen molar-refractivity contribution >= 4 is 11.6 Å². The molecular weight excluding hydrogens is 340 g/mol. The maximum Gasteiger partial charge on any atom is 0.264 e. The summed E-state index contributed by atoms with van der Waals surface area (Å²) >= 11 is 0. The average Bonchev–Trinajstić information content (AvgIpc) is 2.70. The largest absolute Gasteiger partial charge is 0.322 e. The molecule has 27 heavy (non-hydrogen) atoms. The SMILES string of the molecule is Cc1ccc(-c2ccc(=O)[nH]n2)cc1NC(=O)c1cnc2c(c1)CCCC2. The first-order valence-corrected chi connectivity index (χ1v) is 9.06. The summed E-state index contributed by atoms with van der Waals surface area (Å²) < 4.78 is 0. The lowest BCUT2D eigenvalue weighted by atomic mass is 9.95. The minimum atomic E-state index is -0.251. The highest BCUT2D eigenvalue weighted by molar-refractivity contribution is 6.04. The summed E-state index contributed by atoms with van der Waals surface area (Å²) in [6.07, 6.45) is 5.94. The number of pyridine rings is 1. The molecule has 1 aliphatic carbocycles. The van der Waals surface area contributed by atoms with E-state index in [1.54, 1.807) is 12.3 Å². The third kappa shape index (κ3) is 3.65. The highest BCUT2D eigenvalue weighted by atomic mass is 16.1. The Morgan fingerprint density at radius 3 is 2.78 bits per heavy atom. The number of amides is 1. The first kappa shape index (κ1) is 17.1. The summed E-state index contributed by atoms with van der Waals surface area (Å²) in [6, 6.07) is 10.7. The van der Waals surface area contributed by atoms with Crippen LogP contribution >= 0.6 is 0 Å². The lowest BCUT2D eigenvalue weighted by molar-refractivity contribution is 0.102. The third-order valence-corrected chi connectivity index (χ3v) is 4.89. The fraction of sp³-hybridized carbons (Fsp3) is 0.238. The number of carbonyl (C=O) groups is 1. The van der Waals surface area contributed by atoms with E-state index in [0.717, 1.165) is 42.5 Å². The fourth-order valence-corrected chi connectivity index (χ4v) is 3.33. The summed E-state index contributed by atoms with van der Waals surface area (Å²) in [6.45, 7) is 1.94. The van der Waals surface area contributed by atoms with Crippen LogP contribution in [0.3, 0.4) is 0 Å². The summed E-state index contributed by atoms with van der Waals surface area (Å²) in [7, 11) is 0. The number of nitrogens with zero attached hydrogens (tertiary/aromatic N) is 2. The molecule has 0 unspecified atom stereocenters. The zero-order valence-corrected chi connectivity index (χ0v) is 15.1. The Morgan fingerprint density at radius 2 is 1.96 bits per heavy atom. The second kappa shape index (κ2) is 7.15. The van der Waals surface area contributed by atoms with Crippen LogP contribution in [-0.4, -0.2) is 21.1 Å². The van der Waals surface area contributed by atoms with Gasteiger partial charge in [0.15, 0.2) is 0 Å². The number of hydrogen-bond donors (Lipinski definition) is 2. The van der Waals surface area contributed by atoms with E-state index in [0.29, 0.717) is 16.9 Å². The molecule has 0 fully saturated rings. The highest BCUT2D eigenvalue weighted by Gasteiger charge is 2.15. The number of aromatic nitrogens is 3. The number of rotatable bonds is 3. The number of aromatic amines is 1. The van der Waals surface area contributed by atoms with Crippen LogP contribution in [-0.2, 0) is 12.8 Å². The molecule has 3 aromatic rings. The van der Waals surface area contributed by atoms with E-state index in [4.69, 9.17) is 0 Å². The Kier molecular flexibility index (Phi) is 4.54. The van der Waals surface area contributed by atoms with Crippen molar-refractivity contribution in [2.45, 2.75) is 32.6 Å². The third-order valence-electron chi connectivity index (χ3n) is 4.89. The molecule has 6 heteroatoms. The molecule has 0 saturated carbocycles. The number of carbonyl (C=O) groups excluding carboxylic acids is 1. The maximum atomic E-state index is 12.7. The highest BCUT2D eigenvalue weighted by Crippen LogP contribution is 2.25. The normalized spacial score (nSPS) is 13.1. The zero-order chi connectivity index (χ0) is 18.8. The first-order valence-electron chi connectivity index (χ1n) is 9.06. The smallest absolute Gasteiger partial charge is 0.264 e. The number of H-pyrrole nitrogens is 1. The molecule has 0 saturated heterocycles. The topological polar surface area (TPSA) is 87.7 Å². The molecule has 136 valence electrons. The van der Waals surface area contributed by atoms with Crippen LogP contribution in [0.1, 0.15) is 40.0 Å². The predicted molar refractivity (Wildman–Crippen MR) is 104 cm³/mol. The van der Waals surface area contributed by atoms with Crippen LogP contribution in [0.4, 0.5) is 5.69 Å². The van der Waals surface area contributed by atoms with E-state index in [2.05, 4.69) is 20.5 Å². The Bertz CT molecular complexity index is 1050. The van der Waals surface area contributed by atoms with Gasteiger partial charge in [0.1, 0.15) is 0 Å². The van der Waals surface area contributed by atoms with Gasteiger partial charge in [-0.2, -0.15) is 5.10 Å². The minimum absolute atomic E-state index is 0.175. The number of benzene rings is 1. The van der Waals surface area contributed by atoms with Gasteiger partial charge in [-0.05, 0) is 61.9 Å².